The van der Waals surface area contributed by atoms with Crippen LogP contribution < -0.4 is 10.0 Å². The summed E-state index contributed by atoms with van der Waals surface area (Å²) in [5.74, 6) is 0. The van der Waals surface area contributed by atoms with Crippen LogP contribution in [-0.4, -0.2) is 44.7 Å². The molecular formula is C19H23N5OS. The summed E-state index contributed by atoms with van der Waals surface area (Å²) in [5.41, 5.74) is 4.35. The van der Waals surface area contributed by atoms with Crippen LogP contribution in [0.1, 0.15) is 12.0 Å². The van der Waals surface area contributed by atoms with Gasteiger partial charge >= 0.3 is 0 Å². The predicted octanol–water partition coefficient (Wildman–Crippen LogP) is 2.95. The molecule has 3 N–H and O–H groups in total. The maximum Gasteiger partial charge on any atom is 0.113 e. The number of anilines is 2. The van der Waals surface area contributed by atoms with Crippen LogP contribution in [0.2, 0.25) is 0 Å². The molecule has 1 aromatic heterocycles. The van der Waals surface area contributed by atoms with Gasteiger partial charge in [-0.3, -0.25) is 10.00 Å². The topological polar surface area (TPSA) is 73.1 Å². The van der Waals surface area contributed by atoms with E-state index in [1.165, 1.54) is 5.56 Å². The van der Waals surface area contributed by atoms with Crippen LogP contribution in [-0.2, 0) is 17.5 Å². The van der Waals surface area contributed by atoms with E-state index in [1.54, 1.807) is 6.26 Å². The van der Waals surface area contributed by atoms with Gasteiger partial charge in [0.25, 0.3) is 0 Å². The van der Waals surface area contributed by atoms with Gasteiger partial charge in [0.1, 0.15) is 11.0 Å². The summed E-state index contributed by atoms with van der Waals surface area (Å²) in [4.78, 5) is 2.45. The first kappa shape index (κ1) is 17.1. The number of rotatable bonds is 6. The second kappa shape index (κ2) is 7.47. The number of nitrogens with one attached hydrogen (secondary N) is 3. The Labute approximate surface area is 155 Å². The van der Waals surface area contributed by atoms with Crippen molar-refractivity contribution < 1.29 is 4.21 Å². The Morgan fingerprint density at radius 3 is 3.08 bits per heavy atom. The molecule has 0 amide bonds. The molecule has 26 heavy (non-hydrogen) atoms. The highest BCUT2D eigenvalue weighted by atomic mass is 32.2. The zero-order valence-electron chi connectivity index (χ0n) is 14.7. The highest BCUT2D eigenvalue weighted by Crippen LogP contribution is 2.22. The van der Waals surface area contributed by atoms with E-state index in [4.69, 9.17) is 0 Å². The molecule has 0 saturated carbocycles. The number of fused-ring (bicyclic) bond motifs is 1. The molecular weight excluding hydrogens is 346 g/mol. The van der Waals surface area contributed by atoms with Gasteiger partial charge in [-0.25, -0.2) is 4.21 Å². The van der Waals surface area contributed by atoms with Crippen LogP contribution in [0.5, 0.6) is 0 Å². The number of nitrogens with zero attached hydrogens (tertiary/aromatic N) is 2. The summed E-state index contributed by atoms with van der Waals surface area (Å²) in [6, 6.07) is 14.9. The van der Waals surface area contributed by atoms with E-state index in [0.717, 1.165) is 48.3 Å². The lowest BCUT2D eigenvalue weighted by molar-refractivity contribution is 0.329. The Morgan fingerprint density at radius 2 is 2.19 bits per heavy atom. The summed E-state index contributed by atoms with van der Waals surface area (Å²) in [6.07, 6.45) is 4.62. The Kier molecular flexibility index (Phi) is 4.90. The molecule has 1 fully saturated rings. The summed E-state index contributed by atoms with van der Waals surface area (Å²) in [7, 11) is -1.04. The largest absolute Gasteiger partial charge is 0.381 e. The van der Waals surface area contributed by atoms with E-state index in [-0.39, 0.29) is 0 Å². The second-order valence-electron chi connectivity index (χ2n) is 6.79. The third-order valence-corrected chi connectivity index (χ3v) is 5.20. The fourth-order valence-electron chi connectivity index (χ4n) is 3.52. The lowest BCUT2D eigenvalue weighted by Crippen LogP contribution is -2.26. The van der Waals surface area contributed by atoms with Crippen molar-refractivity contribution in [3.63, 3.8) is 0 Å². The van der Waals surface area contributed by atoms with Gasteiger partial charge in [0.05, 0.1) is 11.7 Å². The highest BCUT2D eigenvalue weighted by molar-refractivity contribution is 7.85. The van der Waals surface area contributed by atoms with Gasteiger partial charge in [-0.05, 0) is 42.3 Å². The van der Waals surface area contributed by atoms with Gasteiger partial charge < -0.3 is 10.0 Å². The fraction of sp³-hybridized carbons (Fsp3) is 0.316. The van der Waals surface area contributed by atoms with Crippen LogP contribution in [0.15, 0.2) is 48.7 Å². The average Bonchev–Trinajstić information content (AvgIpc) is 3.23. The average molecular weight is 369 g/mol. The summed E-state index contributed by atoms with van der Waals surface area (Å²) in [5, 5.41) is 11.8. The number of hydrogen-bond acceptors (Lipinski definition) is 4. The number of benzene rings is 2. The zero-order chi connectivity index (χ0) is 17.9. The molecule has 0 spiro atoms. The zero-order valence-corrected chi connectivity index (χ0v) is 15.6. The van der Waals surface area contributed by atoms with Crippen molar-refractivity contribution in [2.45, 2.75) is 19.0 Å². The highest BCUT2D eigenvalue weighted by Gasteiger charge is 2.22. The summed E-state index contributed by atoms with van der Waals surface area (Å²) >= 11 is 0. The van der Waals surface area contributed by atoms with Gasteiger partial charge in [0, 0.05) is 48.7 Å². The van der Waals surface area contributed by atoms with Gasteiger partial charge in [0.2, 0.25) is 0 Å². The SMILES string of the molecule is CS(=O)Nc1cccc(CN2CCC(Nc3ccc4[nH]ncc4c3)C2)c1. The van der Waals surface area contributed by atoms with Crippen molar-refractivity contribution in [2.24, 2.45) is 0 Å². The molecule has 0 bridgehead atoms. The molecule has 7 heteroatoms. The molecule has 2 unspecified atom stereocenters. The number of aromatic amines is 1. The molecule has 2 atom stereocenters. The molecule has 2 heterocycles. The van der Waals surface area contributed by atoms with Crippen molar-refractivity contribution in [1.82, 2.24) is 15.1 Å². The molecule has 136 valence electrons. The van der Waals surface area contributed by atoms with Gasteiger partial charge in [-0.2, -0.15) is 5.10 Å². The molecule has 6 nitrogen and oxygen atoms in total. The van der Waals surface area contributed by atoms with Crippen molar-refractivity contribution in [2.75, 3.05) is 29.4 Å². The van der Waals surface area contributed by atoms with Gasteiger partial charge in [-0.15, -0.1) is 0 Å². The molecule has 2 aromatic carbocycles. The first-order valence-electron chi connectivity index (χ1n) is 8.77. The van der Waals surface area contributed by atoms with Gasteiger partial charge in [-0.1, -0.05) is 12.1 Å². The molecule has 1 aliphatic rings. The van der Waals surface area contributed by atoms with Crippen LogP contribution in [0.25, 0.3) is 10.9 Å². The van der Waals surface area contributed by atoms with E-state index in [2.05, 4.69) is 55.5 Å². The number of H-pyrrole nitrogens is 1. The first-order chi connectivity index (χ1) is 12.7. The third-order valence-electron chi connectivity index (χ3n) is 4.68. The number of likely N-dealkylation sites (tertiary alicyclic amines) is 1. The Hall–Kier alpha value is -2.38. The maximum absolute atomic E-state index is 11.3. The molecule has 3 aromatic rings. The minimum atomic E-state index is -1.04. The monoisotopic (exact) mass is 369 g/mol. The van der Waals surface area contributed by atoms with Crippen molar-refractivity contribution in [1.29, 1.82) is 0 Å². The summed E-state index contributed by atoms with van der Waals surface area (Å²) in [6.45, 7) is 2.99. The van der Waals surface area contributed by atoms with Crippen molar-refractivity contribution in [3.8, 4) is 0 Å². The Bertz CT molecular complexity index is 925. The van der Waals surface area contributed by atoms with Gasteiger partial charge in [0.15, 0.2) is 0 Å². The quantitative estimate of drug-likeness (QED) is 0.625. The van der Waals surface area contributed by atoms with E-state index in [1.807, 2.05) is 18.3 Å². The molecule has 0 radical (unpaired) electrons. The maximum atomic E-state index is 11.3. The van der Waals surface area contributed by atoms with E-state index in [0.29, 0.717) is 6.04 Å². The Morgan fingerprint density at radius 1 is 1.27 bits per heavy atom. The Balaban J connectivity index is 1.35. The van der Waals surface area contributed by atoms with Crippen molar-refractivity contribution in [3.05, 3.63) is 54.2 Å². The number of hydrogen-bond donors (Lipinski definition) is 3. The molecule has 1 saturated heterocycles. The smallest absolute Gasteiger partial charge is 0.113 e. The normalized spacial score (nSPS) is 18.9. The standard InChI is InChI=1S/C19H23N5OS/c1-26(25)23-17-4-2-3-14(9-17)12-24-8-7-18(13-24)21-16-5-6-19-15(10-16)11-20-22-19/h2-6,9-11,18,21,23H,7-8,12-13H2,1H3,(H,20,22). The van der Waals surface area contributed by atoms with Crippen LogP contribution in [0.4, 0.5) is 11.4 Å². The minimum absolute atomic E-state index is 0.448. The predicted molar refractivity (Wildman–Crippen MR) is 108 cm³/mol. The molecule has 4 rings (SSSR count). The molecule has 1 aliphatic heterocycles. The fourth-order valence-corrected chi connectivity index (χ4v) is 3.98. The third kappa shape index (κ3) is 4.05. The van der Waals surface area contributed by atoms with Crippen molar-refractivity contribution >= 4 is 33.3 Å². The van der Waals surface area contributed by atoms with Crippen LogP contribution >= 0.6 is 0 Å². The number of aromatic nitrogens is 2. The minimum Gasteiger partial charge on any atom is -0.381 e. The lowest BCUT2D eigenvalue weighted by Gasteiger charge is -2.18. The molecule has 0 aliphatic carbocycles. The lowest BCUT2D eigenvalue weighted by atomic mass is 10.2. The van der Waals surface area contributed by atoms with Crippen LogP contribution in [0.3, 0.4) is 0 Å². The van der Waals surface area contributed by atoms with Crippen LogP contribution in [0, 0.1) is 0 Å². The van der Waals surface area contributed by atoms with E-state index < -0.39 is 11.0 Å². The van der Waals surface area contributed by atoms with E-state index in [9.17, 15) is 4.21 Å². The van der Waals surface area contributed by atoms with E-state index >= 15 is 0 Å². The second-order valence-corrected chi connectivity index (χ2v) is 7.91. The first-order valence-corrected chi connectivity index (χ1v) is 10.3. The summed E-state index contributed by atoms with van der Waals surface area (Å²) < 4.78 is 14.3.